The number of hydrogen-bond acceptors (Lipinski definition) is 4. The minimum absolute atomic E-state index is 0.175. The van der Waals surface area contributed by atoms with Gasteiger partial charge in [-0.05, 0) is 5.56 Å². The number of ether oxygens (including phenoxy) is 2. The molecule has 0 N–H and O–H groups in total. The molecule has 1 unspecified atom stereocenters. The van der Waals surface area contributed by atoms with E-state index in [0.717, 1.165) is 5.56 Å². The van der Waals surface area contributed by atoms with Gasteiger partial charge in [0.15, 0.2) is 5.75 Å². The van der Waals surface area contributed by atoms with Crippen molar-refractivity contribution < 1.29 is 14.3 Å². The standard InChI is InChI=1S/C14H16N2O3/c1-16-12(11(18-2)9-15-16)13(17)14(19-3)10-7-5-4-6-8-10/h4-9,14H,1-3H3. The van der Waals surface area contributed by atoms with E-state index >= 15 is 0 Å². The summed E-state index contributed by atoms with van der Waals surface area (Å²) < 4.78 is 12.0. The number of rotatable bonds is 5. The van der Waals surface area contributed by atoms with Crippen LogP contribution in [-0.4, -0.2) is 29.8 Å². The van der Waals surface area contributed by atoms with Crippen molar-refractivity contribution in [3.8, 4) is 5.75 Å². The van der Waals surface area contributed by atoms with Gasteiger partial charge in [0, 0.05) is 14.2 Å². The number of Topliss-reactive ketones (excluding diaryl/α,β-unsaturated/α-hetero) is 1. The molecule has 0 spiro atoms. The zero-order chi connectivity index (χ0) is 13.8. The summed E-state index contributed by atoms with van der Waals surface area (Å²) in [4.78, 5) is 12.6. The van der Waals surface area contributed by atoms with Crippen molar-refractivity contribution in [2.24, 2.45) is 7.05 Å². The monoisotopic (exact) mass is 260 g/mol. The fourth-order valence-corrected chi connectivity index (χ4v) is 1.99. The van der Waals surface area contributed by atoms with Gasteiger partial charge >= 0.3 is 0 Å². The van der Waals surface area contributed by atoms with Crippen LogP contribution in [0.2, 0.25) is 0 Å². The molecule has 1 heterocycles. The zero-order valence-electron chi connectivity index (χ0n) is 11.2. The average molecular weight is 260 g/mol. The Kier molecular flexibility index (Phi) is 3.97. The molecule has 5 heteroatoms. The first-order valence-corrected chi connectivity index (χ1v) is 5.87. The fourth-order valence-electron chi connectivity index (χ4n) is 1.99. The minimum Gasteiger partial charge on any atom is -0.493 e. The van der Waals surface area contributed by atoms with Gasteiger partial charge in [-0.1, -0.05) is 30.3 Å². The Bertz CT molecular complexity index is 563. The Morgan fingerprint density at radius 3 is 2.53 bits per heavy atom. The number of aromatic nitrogens is 2. The summed E-state index contributed by atoms with van der Waals surface area (Å²) in [6.07, 6.45) is 0.857. The van der Waals surface area contributed by atoms with Crippen molar-refractivity contribution in [3.05, 3.63) is 47.8 Å². The third kappa shape index (κ3) is 2.51. The Labute approximate surface area is 111 Å². The zero-order valence-corrected chi connectivity index (χ0v) is 11.2. The largest absolute Gasteiger partial charge is 0.493 e. The maximum absolute atomic E-state index is 12.6. The second-order valence-corrected chi connectivity index (χ2v) is 4.08. The predicted molar refractivity (Wildman–Crippen MR) is 70.3 cm³/mol. The van der Waals surface area contributed by atoms with Crippen molar-refractivity contribution in [2.45, 2.75) is 6.10 Å². The Hall–Kier alpha value is -2.14. The van der Waals surface area contributed by atoms with Crippen LogP contribution in [0.15, 0.2) is 36.5 Å². The summed E-state index contributed by atoms with van der Waals surface area (Å²) in [5.41, 5.74) is 1.21. The molecule has 0 radical (unpaired) electrons. The van der Waals surface area contributed by atoms with Crippen LogP contribution in [0.4, 0.5) is 0 Å². The molecule has 2 rings (SSSR count). The number of hydrogen-bond donors (Lipinski definition) is 0. The van der Waals surface area contributed by atoms with Gasteiger partial charge in [0.05, 0.1) is 13.3 Å². The van der Waals surface area contributed by atoms with Crippen molar-refractivity contribution in [1.29, 1.82) is 0 Å². The summed E-state index contributed by atoms with van der Waals surface area (Å²) in [7, 11) is 4.73. The van der Waals surface area contributed by atoms with Crippen LogP contribution in [0.3, 0.4) is 0 Å². The van der Waals surface area contributed by atoms with Crippen LogP contribution in [0.1, 0.15) is 22.2 Å². The van der Waals surface area contributed by atoms with Crippen LogP contribution < -0.4 is 4.74 Å². The Morgan fingerprint density at radius 1 is 1.26 bits per heavy atom. The SMILES string of the molecule is COc1cnn(C)c1C(=O)C(OC)c1ccccc1. The molecule has 100 valence electrons. The van der Waals surface area contributed by atoms with Gasteiger partial charge in [-0.25, -0.2) is 0 Å². The smallest absolute Gasteiger partial charge is 0.217 e. The number of methoxy groups -OCH3 is 2. The maximum atomic E-state index is 12.6. The third-order valence-corrected chi connectivity index (χ3v) is 2.93. The highest BCUT2D eigenvalue weighted by atomic mass is 16.5. The summed E-state index contributed by atoms with van der Waals surface area (Å²) in [6.45, 7) is 0. The Balaban J connectivity index is 2.39. The van der Waals surface area contributed by atoms with Crippen molar-refractivity contribution >= 4 is 5.78 Å². The number of aryl methyl sites for hydroxylation is 1. The van der Waals surface area contributed by atoms with Crippen LogP contribution in [0.5, 0.6) is 5.75 Å². The highest BCUT2D eigenvalue weighted by Crippen LogP contribution is 2.26. The van der Waals surface area contributed by atoms with E-state index in [2.05, 4.69) is 5.10 Å². The van der Waals surface area contributed by atoms with Gasteiger partial charge in [-0.15, -0.1) is 0 Å². The van der Waals surface area contributed by atoms with E-state index in [9.17, 15) is 4.79 Å². The lowest BCUT2D eigenvalue weighted by Crippen LogP contribution is -2.18. The first-order chi connectivity index (χ1) is 9.19. The lowest BCUT2D eigenvalue weighted by Gasteiger charge is -2.15. The lowest BCUT2D eigenvalue weighted by atomic mass is 10.0. The molecule has 2 aromatic rings. The first kappa shape index (κ1) is 13.3. The summed E-state index contributed by atoms with van der Waals surface area (Å²) in [5, 5.41) is 4.03. The molecule has 0 fully saturated rings. The molecule has 0 bridgehead atoms. The van der Waals surface area contributed by atoms with Gasteiger partial charge in [0.1, 0.15) is 11.8 Å². The molecular formula is C14H16N2O3. The number of carbonyl (C=O) groups excluding carboxylic acids is 1. The second-order valence-electron chi connectivity index (χ2n) is 4.08. The molecule has 0 aliphatic heterocycles. The number of benzene rings is 1. The second kappa shape index (κ2) is 5.67. The molecule has 0 aliphatic carbocycles. The highest BCUT2D eigenvalue weighted by molar-refractivity contribution is 6.00. The summed E-state index contributed by atoms with van der Waals surface area (Å²) >= 11 is 0. The normalized spacial score (nSPS) is 12.2. The van der Waals surface area contributed by atoms with E-state index in [1.165, 1.54) is 25.1 Å². The van der Waals surface area contributed by atoms with E-state index < -0.39 is 6.10 Å². The minimum atomic E-state index is -0.662. The molecule has 0 saturated carbocycles. The van der Waals surface area contributed by atoms with Gasteiger partial charge in [-0.2, -0.15) is 5.10 Å². The van der Waals surface area contributed by atoms with Gasteiger partial charge in [-0.3, -0.25) is 9.48 Å². The predicted octanol–water partition coefficient (Wildman–Crippen LogP) is 2.00. The van der Waals surface area contributed by atoms with Gasteiger partial charge in [0.2, 0.25) is 5.78 Å². The first-order valence-electron chi connectivity index (χ1n) is 5.87. The van der Waals surface area contributed by atoms with E-state index in [1.54, 1.807) is 7.05 Å². The van der Waals surface area contributed by atoms with E-state index in [0.29, 0.717) is 11.4 Å². The molecule has 1 aromatic carbocycles. The quantitative estimate of drug-likeness (QED) is 0.772. The number of nitrogens with zero attached hydrogens (tertiary/aromatic N) is 2. The van der Waals surface area contributed by atoms with Crippen LogP contribution in [-0.2, 0) is 11.8 Å². The molecule has 19 heavy (non-hydrogen) atoms. The molecular weight excluding hydrogens is 244 g/mol. The lowest BCUT2D eigenvalue weighted by molar-refractivity contribution is 0.0591. The van der Waals surface area contributed by atoms with Crippen molar-refractivity contribution in [1.82, 2.24) is 9.78 Å². The topological polar surface area (TPSA) is 53.4 Å². The van der Waals surface area contributed by atoms with Crippen LogP contribution >= 0.6 is 0 Å². The van der Waals surface area contributed by atoms with Gasteiger partial charge in [0.25, 0.3) is 0 Å². The van der Waals surface area contributed by atoms with Crippen LogP contribution in [0.25, 0.3) is 0 Å². The molecule has 0 aliphatic rings. The average Bonchev–Trinajstić information content (AvgIpc) is 2.81. The Morgan fingerprint density at radius 2 is 1.95 bits per heavy atom. The highest BCUT2D eigenvalue weighted by Gasteiger charge is 2.27. The number of carbonyl (C=O) groups is 1. The van der Waals surface area contributed by atoms with Crippen molar-refractivity contribution in [2.75, 3.05) is 14.2 Å². The molecule has 0 amide bonds. The number of ketones is 1. The third-order valence-electron chi connectivity index (χ3n) is 2.93. The molecule has 1 aromatic heterocycles. The van der Waals surface area contributed by atoms with Gasteiger partial charge < -0.3 is 9.47 Å². The van der Waals surface area contributed by atoms with E-state index in [-0.39, 0.29) is 5.78 Å². The summed E-state index contributed by atoms with van der Waals surface area (Å²) in [5.74, 6) is 0.274. The van der Waals surface area contributed by atoms with Crippen molar-refractivity contribution in [3.63, 3.8) is 0 Å². The molecule has 5 nitrogen and oxygen atoms in total. The maximum Gasteiger partial charge on any atom is 0.217 e. The summed E-state index contributed by atoms with van der Waals surface area (Å²) in [6, 6.07) is 9.35. The molecule has 1 atom stereocenters. The van der Waals surface area contributed by atoms with Crippen LogP contribution in [0, 0.1) is 0 Å². The molecule has 0 saturated heterocycles. The fraction of sp³-hybridized carbons (Fsp3) is 0.286. The van der Waals surface area contributed by atoms with E-state index in [4.69, 9.17) is 9.47 Å². The van der Waals surface area contributed by atoms with E-state index in [1.807, 2.05) is 30.3 Å².